The molecule has 0 aromatic heterocycles. The van der Waals surface area contributed by atoms with Crippen LogP contribution >= 0.6 is 11.8 Å². The summed E-state index contributed by atoms with van der Waals surface area (Å²) in [5.74, 6) is 1.82. The Balaban J connectivity index is 2.19. The van der Waals surface area contributed by atoms with Crippen LogP contribution < -0.4 is 10.1 Å². The van der Waals surface area contributed by atoms with Gasteiger partial charge >= 0.3 is 0 Å². The van der Waals surface area contributed by atoms with Gasteiger partial charge in [-0.05, 0) is 25.1 Å². The molecule has 0 heterocycles. The maximum Gasteiger partial charge on any atom is 0.124 e. The lowest BCUT2D eigenvalue weighted by Gasteiger charge is -2.20. The van der Waals surface area contributed by atoms with Gasteiger partial charge in [-0.2, -0.15) is 0 Å². The molecule has 0 spiro atoms. The zero-order chi connectivity index (χ0) is 15.1. The van der Waals surface area contributed by atoms with Gasteiger partial charge in [0.05, 0.1) is 13.2 Å². The quantitative estimate of drug-likeness (QED) is 0.564. The molecule has 0 radical (unpaired) electrons. The lowest BCUT2D eigenvalue weighted by molar-refractivity contribution is 0.408. The molecule has 1 atom stereocenters. The van der Waals surface area contributed by atoms with Crippen LogP contribution in [0.15, 0.2) is 66.1 Å². The van der Waals surface area contributed by atoms with Crippen LogP contribution in [0.2, 0.25) is 0 Å². The zero-order valence-electron chi connectivity index (χ0n) is 12.5. The zero-order valence-corrected chi connectivity index (χ0v) is 13.3. The predicted octanol–water partition coefficient (Wildman–Crippen LogP) is 5.15. The number of thioether (sulfide) groups is 1. The molecular weight excluding hydrogens is 278 g/mol. The minimum absolute atomic E-state index is 0.173. The molecule has 0 aliphatic heterocycles. The molecule has 1 N–H and O–H groups in total. The second kappa shape index (κ2) is 7.79. The summed E-state index contributed by atoms with van der Waals surface area (Å²) in [6.07, 6.45) is 1.92. The predicted molar refractivity (Wildman–Crippen MR) is 92.4 cm³/mol. The van der Waals surface area contributed by atoms with Gasteiger partial charge in [0, 0.05) is 21.9 Å². The van der Waals surface area contributed by atoms with Gasteiger partial charge in [0.1, 0.15) is 5.75 Å². The fourth-order valence-corrected chi connectivity index (χ4v) is 2.95. The number of hydrogen-bond acceptors (Lipinski definition) is 3. The van der Waals surface area contributed by atoms with Gasteiger partial charge in [0.15, 0.2) is 0 Å². The van der Waals surface area contributed by atoms with Gasteiger partial charge in [-0.15, -0.1) is 18.3 Å². The fraction of sp³-hybridized carbons (Fsp3) is 0.222. The third-order valence-electron chi connectivity index (χ3n) is 3.22. The molecular formula is C18H21NOS. The second-order valence-corrected chi connectivity index (χ2v) is 5.77. The van der Waals surface area contributed by atoms with Gasteiger partial charge in [-0.1, -0.05) is 36.4 Å². The normalized spacial score (nSPS) is 11.7. The summed E-state index contributed by atoms with van der Waals surface area (Å²) < 4.78 is 5.44. The van der Waals surface area contributed by atoms with Gasteiger partial charge in [0.25, 0.3) is 0 Å². The summed E-state index contributed by atoms with van der Waals surface area (Å²) in [6, 6.07) is 16.6. The summed E-state index contributed by atoms with van der Waals surface area (Å²) in [7, 11) is 1.71. The third kappa shape index (κ3) is 4.05. The Labute approximate surface area is 131 Å². The first-order valence-corrected chi connectivity index (χ1v) is 7.97. The third-order valence-corrected chi connectivity index (χ3v) is 4.29. The minimum Gasteiger partial charge on any atom is -0.496 e. The van der Waals surface area contributed by atoms with Crippen molar-refractivity contribution in [1.29, 1.82) is 0 Å². The van der Waals surface area contributed by atoms with E-state index in [1.165, 1.54) is 4.90 Å². The van der Waals surface area contributed by atoms with Crippen molar-refractivity contribution < 1.29 is 4.74 Å². The molecule has 110 valence electrons. The van der Waals surface area contributed by atoms with E-state index in [4.69, 9.17) is 4.74 Å². The van der Waals surface area contributed by atoms with E-state index in [-0.39, 0.29) is 6.04 Å². The maximum absolute atomic E-state index is 5.44. The van der Waals surface area contributed by atoms with Crippen molar-refractivity contribution in [1.82, 2.24) is 0 Å². The van der Waals surface area contributed by atoms with E-state index in [0.717, 1.165) is 22.8 Å². The van der Waals surface area contributed by atoms with E-state index >= 15 is 0 Å². The number of ether oxygens (including phenoxy) is 1. The molecule has 3 heteroatoms. The van der Waals surface area contributed by atoms with E-state index in [1.807, 2.05) is 24.3 Å². The van der Waals surface area contributed by atoms with Crippen molar-refractivity contribution in [3.8, 4) is 5.75 Å². The molecule has 2 nitrogen and oxygen atoms in total. The number of hydrogen-bond donors (Lipinski definition) is 1. The molecule has 0 aliphatic carbocycles. The Morgan fingerprint density at radius 2 is 1.90 bits per heavy atom. The van der Waals surface area contributed by atoms with Crippen LogP contribution in [0.25, 0.3) is 0 Å². The maximum atomic E-state index is 5.44. The van der Waals surface area contributed by atoms with E-state index < -0.39 is 0 Å². The molecule has 2 aromatic carbocycles. The Morgan fingerprint density at radius 3 is 2.67 bits per heavy atom. The van der Waals surface area contributed by atoms with E-state index in [9.17, 15) is 0 Å². The van der Waals surface area contributed by atoms with Crippen LogP contribution in [0.3, 0.4) is 0 Å². The monoisotopic (exact) mass is 299 g/mol. The van der Waals surface area contributed by atoms with Crippen molar-refractivity contribution in [2.75, 3.05) is 18.2 Å². The van der Waals surface area contributed by atoms with Crippen LogP contribution in [-0.2, 0) is 0 Å². The highest BCUT2D eigenvalue weighted by molar-refractivity contribution is 7.99. The number of methoxy groups -OCH3 is 1. The molecule has 0 aliphatic rings. The lowest BCUT2D eigenvalue weighted by Crippen LogP contribution is -2.08. The molecule has 0 saturated heterocycles. The summed E-state index contributed by atoms with van der Waals surface area (Å²) >= 11 is 1.78. The SMILES string of the molecule is C=CCSc1ccccc1NC(C)c1ccccc1OC. The molecule has 0 saturated carbocycles. The smallest absolute Gasteiger partial charge is 0.124 e. The molecule has 2 rings (SSSR count). The lowest BCUT2D eigenvalue weighted by atomic mass is 10.1. The summed E-state index contributed by atoms with van der Waals surface area (Å²) in [5.41, 5.74) is 2.30. The highest BCUT2D eigenvalue weighted by Gasteiger charge is 2.12. The van der Waals surface area contributed by atoms with E-state index in [0.29, 0.717) is 0 Å². The van der Waals surface area contributed by atoms with E-state index in [2.05, 4.69) is 49.2 Å². The van der Waals surface area contributed by atoms with Gasteiger partial charge in [0.2, 0.25) is 0 Å². The minimum atomic E-state index is 0.173. The van der Waals surface area contributed by atoms with Crippen molar-refractivity contribution in [3.63, 3.8) is 0 Å². The summed E-state index contributed by atoms with van der Waals surface area (Å²) in [5, 5.41) is 3.58. The first-order valence-electron chi connectivity index (χ1n) is 6.98. The molecule has 1 unspecified atom stereocenters. The van der Waals surface area contributed by atoms with Crippen LogP contribution in [0, 0.1) is 0 Å². The van der Waals surface area contributed by atoms with Gasteiger partial charge in [-0.3, -0.25) is 0 Å². The number of benzene rings is 2. The topological polar surface area (TPSA) is 21.3 Å². The molecule has 0 bridgehead atoms. The molecule has 21 heavy (non-hydrogen) atoms. The summed E-state index contributed by atoms with van der Waals surface area (Å²) in [6.45, 7) is 5.92. The van der Waals surface area contributed by atoms with Crippen LogP contribution in [-0.4, -0.2) is 12.9 Å². The van der Waals surface area contributed by atoms with E-state index in [1.54, 1.807) is 18.9 Å². The Bertz CT molecular complexity index is 597. The average Bonchev–Trinajstić information content (AvgIpc) is 2.54. The first-order chi connectivity index (χ1) is 10.3. The van der Waals surface area contributed by atoms with Crippen molar-refractivity contribution in [2.24, 2.45) is 0 Å². The number of para-hydroxylation sites is 2. The highest BCUT2D eigenvalue weighted by atomic mass is 32.2. The standard InChI is InChI=1S/C18H21NOS/c1-4-13-21-18-12-8-6-10-16(18)19-14(2)15-9-5-7-11-17(15)20-3/h4-12,14,19H,1,13H2,2-3H3. The Morgan fingerprint density at radius 1 is 1.19 bits per heavy atom. The van der Waals surface area contributed by atoms with Crippen LogP contribution in [0.5, 0.6) is 5.75 Å². The number of rotatable bonds is 7. The highest BCUT2D eigenvalue weighted by Crippen LogP contribution is 2.32. The number of nitrogens with one attached hydrogen (secondary N) is 1. The summed E-state index contributed by atoms with van der Waals surface area (Å²) in [4.78, 5) is 1.24. The van der Waals surface area contributed by atoms with Crippen LogP contribution in [0.4, 0.5) is 5.69 Å². The average molecular weight is 299 g/mol. The van der Waals surface area contributed by atoms with Crippen LogP contribution in [0.1, 0.15) is 18.5 Å². The fourth-order valence-electron chi connectivity index (χ4n) is 2.20. The van der Waals surface area contributed by atoms with Gasteiger partial charge < -0.3 is 10.1 Å². The second-order valence-electron chi connectivity index (χ2n) is 4.70. The molecule has 0 fully saturated rings. The van der Waals surface area contributed by atoms with Gasteiger partial charge in [-0.25, -0.2) is 0 Å². The first kappa shape index (κ1) is 15.5. The molecule has 0 amide bonds. The van der Waals surface area contributed by atoms with Crippen molar-refractivity contribution >= 4 is 17.4 Å². The van der Waals surface area contributed by atoms with Crippen molar-refractivity contribution in [3.05, 3.63) is 66.7 Å². The molecule has 2 aromatic rings. The Kier molecular flexibility index (Phi) is 5.76. The van der Waals surface area contributed by atoms with Crippen molar-refractivity contribution in [2.45, 2.75) is 17.9 Å². The largest absolute Gasteiger partial charge is 0.496 e. The Hall–Kier alpha value is -1.87. The number of anilines is 1.